The lowest BCUT2D eigenvalue weighted by Crippen LogP contribution is -2.45. The maximum absolute atomic E-state index is 12.4. The molecule has 2 unspecified atom stereocenters. The first kappa shape index (κ1) is 18.7. The monoisotopic (exact) mass is 359 g/mol. The molecule has 0 aromatic heterocycles. The van der Waals surface area contributed by atoms with E-state index in [0.717, 1.165) is 49.4 Å². The molecule has 0 aliphatic carbocycles. The minimum absolute atomic E-state index is 0.0636. The van der Waals surface area contributed by atoms with Crippen LogP contribution in [0.2, 0.25) is 0 Å². The van der Waals surface area contributed by atoms with Gasteiger partial charge in [0.25, 0.3) is 0 Å². The lowest BCUT2D eigenvalue weighted by molar-refractivity contribution is -0.133. The van der Waals surface area contributed by atoms with E-state index in [2.05, 4.69) is 5.32 Å². The normalized spacial score (nSPS) is 20.9. The summed E-state index contributed by atoms with van der Waals surface area (Å²) < 4.78 is 5.79. The van der Waals surface area contributed by atoms with Gasteiger partial charge in [0, 0.05) is 37.7 Å². The summed E-state index contributed by atoms with van der Waals surface area (Å²) in [4.78, 5) is 25.7. The molecular weight excluding hydrogens is 330 g/mol. The van der Waals surface area contributed by atoms with Crippen molar-refractivity contribution in [3.8, 4) is 5.75 Å². The summed E-state index contributed by atoms with van der Waals surface area (Å²) in [6.45, 7) is 4.17. The second-order valence-corrected chi connectivity index (χ2v) is 7.42. The quantitative estimate of drug-likeness (QED) is 0.764. The highest BCUT2D eigenvalue weighted by Crippen LogP contribution is 2.27. The van der Waals surface area contributed by atoms with Crippen molar-refractivity contribution in [1.82, 2.24) is 4.90 Å². The van der Waals surface area contributed by atoms with Crippen LogP contribution in [0.3, 0.4) is 0 Å². The predicted octanol–water partition coefficient (Wildman–Crippen LogP) is 2.32. The number of aryl methyl sites for hydroxylation is 1. The van der Waals surface area contributed by atoms with Crippen molar-refractivity contribution in [2.75, 3.05) is 25.0 Å². The zero-order chi connectivity index (χ0) is 18.5. The number of carbonyl (C=O) groups excluding carboxylic acids is 2. The standard InChI is InChI=1S/C20H29N3O3/c1-14(21)16-4-2-10-23(13-16)20(25)5-3-11-26-17-7-8-18-15(12-17)6-9-19(24)22-18/h7-8,12,14,16H,2-6,9-11,13,21H2,1H3,(H,22,24). The van der Waals surface area contributed by atoms with Gasteiger partial charge >= 0.3 is 0 Å². The Kier molecular flexibility index (Phi) is 6.14. The highest BCUT2D eigenvalue weighted by molar-refractivity contribution is 5.94. The van der Waals surface area contributed by atoms with Crippen molar-refractivity contribution >= 4 is 17.5 Å². The number of benzene rings is 1. The third kappa shape index (κ3) is 4.75. The number of piperidine rings is 1. The van der Waals surface area contributed by atoms with Crippen LogP contribution < -0.4 is 15.8 Å². The summed E-state index contributed by atoms with van der Waals surface area (Å²) in [6.07, 6.45) is 4.62. The lowest BCUT2D eigenvalue weighted by atomic mass is 9.92. The third-order valence-corrected chi connectivity index (χ3v) is 5.33. The molecule has 0 bridgehead atoms. The molecule has 1 aromatic carbocycles. The second kappa shape index (κ2) is 8.54. The molecule has 6 heteroatoms. The van der Waals surface area contributed by atoms with Gasteiger partial charge in [0.1, 0.15) is 5.75 Å². The summed E-state index contributed by atoms with van der Waals surface area (Å²) in [5.41, 5.74) is 7.97. The molecule has 3 N–H and O–H groups in total. The Hall–Kier alpha value is -2.08. The van der Waals surface area contributed by atoms with Crippen molar-refractivity contribution in [3.63, 3.8) is 0 Å². The topological polar surface area (TPSA) is 84.7 Å². The van der Waals surface area contributed by atoms with Gasteiger partial charge in [-0.2, -0.15) is 0 Å². The van der Waals surface area contributed by atoms with E-state index < -0.39 is 0 Å². The van der Waals surface area contributed by atoms with E-state index in [9.17, 15) is 9.59 Å². The summed E-state index contributed by atoms with van der Waals surface area (Å²) in [5.74, 6) is 1.48. The number of rotatable bonds is 6. The van der Waals surface area contributed by atoms with Crippen LogP contribution in [0.5, 0.6) is 5.75 Å². The molecule has 1 saturated heterocycles. The number of nitrogens with one attached hydrogen (secondary N) is 1. The van der Waals surface area contributed by atoms with Crippen molar-refractivity contribution in [2.24, 2.45) is 11.7 Å². The van der Waals surface area contributed by atoms with Gasteiger partial charge in [-0.3, -0.25) is 9.59 Å². The molecule has 1 fully saturated rings. The first-order valence-electron chi connectivity index (χ1n) is 9.62. The third-order valence-electron chi connectivity index (χ3n) is 5.33. The largest absolute Gasteiger partial charge is 0.494 e. The number of fused-ring (bicyclic) bond motifs is 1. The van der Waals surface area contributed by atoms with Gasteiger partial charge in [-0.05, 0) is 62.3 Å². The number of carbonyl (C=O) groups is 2. The van der Waals surface area contributed by atoms with Crippen LogP contribution >= 0.6 is 0 Å². The average Bonchev–Trinajstić information content (AvgIpc) is 2.65. The van der Waals surface area contributed by atoms with Crippen LogP contribution in [0.15, 0.2) is 18.2 Å². The molecule has 6 nitrogen and oxygen atoms in total. The molecule has 2 atom stereocenters. The minimum Gasteiger partial charge on any atom is -0.494 e. The summed E-state index contributed by atoms with van der Waals surface area (Å²) in [7, 11) is 0. The maximum atomic E-state index is 12.4. The van der Waals surface area contributed by atoms with E-state index >= 15 is 0 Å². The smallest absolute Gasteiger partial charge is 0.224 e. The Morgan fingerprint density at radius 3 is 3.08 bits per heavy atom. The summed E-state index contributed by atoms with van der Waals surface area (Å²) in [6, 6.07) is 5.87. The molecule has 142 valence electrons. The molecule has 0 spiro atoms. The first-order valence-corrected chi connectivity index (χ1v) is 9.62. The van der Waals surface area contributed by atoms with Crippen molar-refractivity contribution in [2.45, 2.75) is 51.5 Å². The highest BCUT2D eigenvalue weighted by atomic mass is 16.5. The zero-order valence-corrected chi connectivity index (χ0v) is 15.5. The van der Waals surface area contributed by atoms with Crippen LogP contribution in [0, 0.1) is 5.92 Å². The highest BCUT2D eigenvalue weighted by Gasteiger charge is 2.25. The van der Waals surface area contributed by atoms with Gasteiger partial charge in [-0.25, -0.2) is 0 Å². The minimum atomic E-state index is 0.0636. The van der Waals surface area contributed by atoms with Gasteiger partial charge < -0.3 is 20.7 Å². The average molecular weight is 359 g/mol. The molecule has 2 aliphatic heterocycles. The zero-order valence-electron chi connectivity index (χ0n) is 15.5. The fourth-order valence-corrected chi connectivity index (χ4v) is 3.69. The van der Waals surface area contributed by atoms with E-state index in [1.807, 2.05) is 30.0 Å². The molecule has 2 amide bonds. The van der Waals surface area contributed by atoms with Crippen molar-refractivity contribution < 1.29 is 14.3 Å². The Labute approximate surface area is 155 Å². The van der Waals surface area contributed by atoms with Gasteiger partial charge in [-0.1, -0.05) is 0 Å². The van der Waals surface area contributed by atoms with Crippen LogP contribution in [0.4, 0.5) is 5.69 Å². The molecule has 1 aromatic rings. The number of likely N-dealkylation sites (tertiary alicyclic amines) is 1. The summed E-state index contributed by atoms with van der Waals surface area (Å²) in [5, 5.41) is 2.86. The molecule has 2 heterocycles. The van der Waals surface area contributed by atoms with E-state index in [1.165, 1.54) is 0 Å². The van der Waals surface area contributed by atoms with Crippen LogP contribution in [-0.2, 0) is 16.0 Å². The fraction of sp³-hybridized carbons (Fsp3) is 0.600. The number of ether oxygens (including phenoxy) is 1. The molecule has 26 heavy (non-hydrogen) atoms. The number of hydrogen-bond donors (Lipinski definition) is 2. The molecule has 3 rings (SSSR count). The van der Waals surface area contributed by atoms with Gasteiger partial charge in [0.2, 0.25) is 11.8 Å². The van der Waals surface area contributed by atoms with E-state index in [0.29, 0.717) is 31.8 Å². The predicted molar refractivity (Wildman–Crippen MR) is 101 cm³/mol. The SMILES string of the molecule is CC(N)C1CCCN(C(=O)CCCOc2ccc3c(c2)CCC(=O)N3)C1. The summed E-state index contributed by atoms with van der Waals surface area (Å²) >= 11 is 0. The molecular formula is C20H29N3O3. The Morgan fingerprint density at radius 1 is 1.42 bits per heavy atom. The molecule has 0 saturated carbocycles. The number of hydrogen-bond acceptors (Lipinski definition) is 4. The van der Waals surface area contributed by atoms with Crippen LogP contribution in [0.25, 0.3) is 0 Å². The van der Waals surface area contributed by atoms with E-state index in [-0.39, 0.29) is 17.9 Å². The number of amides is 2. The van der Waals surface area contributed by atoms with E-state index in [1.54, 1.807) is 0 Å². The number of nitrogens with two attached hydrogens (primary N) is 1. The first-order chi connectivity index (χ1) is 12.5. The van der Waals surface area contributed by atoms with Crippen molar-refractivity contribution in [3.05, 3.63) is 23.8 Å². The number of nitrogens with zero attached hydrogens (tertiary/aromatic N) is 1. The van der Waals surface area contributed by atoms with Gasteiger partial charge in [0.05, 0.1) is 6.61 Å². The van der Waals surface area contributed by atoms with E-state index in [4.69, 9.17) is 10.5 Å². The van der Waals surface area contributed by atoms with Crippen molar-refractivity contribution in [1.29, 1.82) is 0 Å². The van der Waals surface area contributed by atoms with Gasteiger partial charge in [0.15, 0.2) is 0 Å². The Morgan fingerprint density at radius 2 is 2.27 bits per heavy atom. The van der Waals surface area contributed by atoms with Gasteiger partial charge in [-0.15, -0.1) is 0 Å². The molecule has 2 aliphatic rings. The maximum Gasteiger partial charge on any atom is 0.224 e. The van der Waals surface area contributed by atoms with Crippen LogP contribution in [0.1, 0.15) is 44.6 Å². The molecule has 0 radical (unpaired) electrons. The Bertz CT molecular complexity index is 660. The lowest BCUT2D eigenvalue weighted by Gasteiger charge is -2.34. The number of anilines is 1. The fourth-order valence-electron chi connectivity index (χ4n) is 3.69. The Balaban J connectivity index is 1.41. The van der Waals surface area contributed by atoms with Crippen LogP contribution in [-0.4, -0.2) is 42.5 Å². The second-order valence-electron chi connectivity index (χ2n) is 7.42.